The van der Waals surface area contributed by atoms with Crippen LogP contribution in [-0.4, -0.2) is 9.97 Å². The Hall–Kier alpha value is -1.07. The average Bonchev–Trinajstić information content (AvgIpc) is 2.32. The maximum atomic E-state index is 11.3. The Balaban J connectivity index is 2.11. The quantitative estimate of drug-likeness (QED) is 0.700. The fourth-order valence-corrected chi connectivity index (χ4v) is 2.60. The number of aromatic nitrogens is 2. The van der Waals surface area contributed by atoms with Crippen molar-refractivity contribution in [2.24, 2.45) is 0 Å². The second-order valence-corrected chi connectivity index (χ2v) is 4.88. The third-order valence-corrected chi connectivity index (χ3v) is 4.04. The average molecular weight is 297 g/mol. The molecule has 5 heteroatoms. The van der Waals surface area contributed by atoms with E-state index in [1.807, 2.05) is 30.3 Å². The van der Waals surface area contributed by atoms with Gasteiger partial charge in [0.05, 0.1) is 6.33 Å². The molecule has 1 aromatic carbocycles. The van der Waals surface area contributed by atoms with Crippen LogP contribution < -0.4 is 5.56 Å². The first-order valence-electron chi connectivity index (χ1n) is 4.67. The van der Waals surface area contributed by atoms with E-state index in [4.69, 9.17) is 0 Å². The molecule has 0 unspecified atom stereocenters. The fraction of sp³-hybridized carbons (Fsp3) is 0.0909. The largest absolute Gasteiger partial charge is 0.312 e. The van der Waals surface area contributed by atoms with Gasteiger partial charge in [-0.1, -0.05) is 30.3 Å². The number of hydrogen-bond donors (Lipinski definition) is 1. The van der Waals surface area contributed by atoms with Gasteiger partial charge in [0, 0.05) is 5.75 Å². The van der Waals surface area contributed by atoms with Crippen molar-refractivity contribution in [2.75, 3.05) is 0 Å². The van der Waals surface area contributed by atoms with E-state index in [9.17, 15) is 4.79 Å². The summed E-state index contributed by atoms with van der Waals surface area (Å²) < 4.78 is 0.496. The van der Waals surface area contributed by atoms with E-state index in [1.165, 1.54) is 23.7 Å². The fourth-order valence-electron chi connectivity index (χ4n) is 1.19. The van der Waals surface area contributed by atoms with E-state index in [0.29, 0.717) is 9.50 Å². The van der Waals surface area contributed by atoms with Gasteiger partial charge in [-0.2, -0.15) is 0 Å². The Kier molecular flexibility index (Phi) is 3.79. The maximum Gasteiger partial charge on any atom is 0.266 e. The van der Waals surface area contributed by atoms with Crippen LogP contribution in [0.4, 0.5) is 0 Å². The highest BCUT2D eigenvalue weighted by Gasteiger charge is 2.05. The summed E-state index contributed by atoms with van der Waals surface area (Å²) in [6.45, 7) is 0. The molecule has 1 heterocycles. The lowest BCUT2D eigenvalue weighted by molar-refractivity contribution is 0.990. The van der Waals surface area contributed by atoms with E-state index in [0.717, 1.165) is 5.75 Å². The lowest BCUT2D eigenvalue weighted by Crippen LogP contribution is -2.07. The summed E-state index contributed by atoms with van der Waals surface area (Å²) in [4.78, 5) is 17.9. The van der Waals surface area contributed by atoms with Gasteiger partial charge in [0.25, 0.3) is 5.56 Å². The first-order valence-corrected chi connectivity index (χ1v) is 6.45. The Bertz CT molecular complexity index is 527. The Labute approximate surface area is 105 Å². The van der Waals surface area contributed by atoms with Crippen LogP contribution in [0.15, 0.2) is 51.0 Å². The summed E-state index contributed by atoms with van der Waals surface area (Å²) in [6, 6.07) is 10.1. The highest BCUT2D eigenvalue weighted by Crippen LogP contribution is 2.24. The molecule has 0 aliphatic carbocycles. The third-order valence-electron chi connectivity index (χ3n) is 1.98. The molecule has 1 aromatic heterocycles. The summed E-state index contributed by atoms with van der Waals surface area (Å²) in [5.41, 5.74) is 1.06. The summed E-state index contributed by atoms with van der Waals surface area (Å²) in [5, 5.41) is 0.715. The zero-order valence-electron chi connectivity index (χ0n) is 8.31. The monoisotopic (exact) mass is 296 g/mol. The Morgan fingerprint density at radius 2 is 2.06 bits per heavy atom. The standard InChI is InChI=1S/C11H9BrN2OS/c12-9-10(15)13-7-14-11(9)16-6-8-4-2-1-3-5-8/h1-5,7H,6H2,(H,13,14,15). The van der Waals surface area contributed by atoms with Gasteiger partial charge in [-0.05, 0) is 21.5 Å². The van der Waals surface area contributed by atoms with Crippen LogP contribution in [0, 0.1) is 0 Å². The number of nitrogens with zero attached hydrogens (tertiary/aromatic N) is 1. The van der Waals surface area contributed by atoms with Gasteiger partial charge in [0.1, 0.15) is 9.50 Å². The number of benzene rings is 1. The third kappa shape index (κ3) is 2.74. The zero-order valence-corrected chi connectivity index (χ0v) is 10.7. The van der Waals surface area contributed by atoms with Gasteiger partial charge in [-0.25, -0.2) is 4.98 Å². The topological polar surface area (TPSA) is 45.8 Å². The lowest BCUT2D eigenvalue weighted by atomic mass is 10.2. The molecule has 1 N–H and O–H groups in total. The second kappa shape index (κ2) is 5.32. The van der Waals surface area contributed by atoms with Crippen molar-refractivity contribution in [3.63, 3.8) is 0 Å². The summed E-state index contributed by atoms with van der Waals surface area (Å²) in [7, 11) is 0. The predicted molar refractivity (Wildman–Crippen MR) is 68.6 cm³/mol. The van der Waals surface area contributed by atoms with Crippen molar-refractivity contribution in [3.05, 3.63) is 57.0 Å². The number of rotatable bonds is 3. The van der Waals surface area contributed by atoms with Gasteiger partial charge < -0.3 is 4.98 Å². The van der Waals surface area contributed by atoms with Crippen LogP contribution >= 0.6 is 27.7 Å². The maximum absolute atomic E-state index is 11.3. The van der Waals surface area contributed by atoms with Gasteiger partial charge in [-0.3, -0.25) is 4.79 Å². The number of halogens is 1. The summed E-state index contributed by atoms with van der Waals surface area (Å²) in [5.74, 6) is 0.801. The lowest BCUT2D eigenvalue weighted by Gasteiger charge is -2.02. The first kappa shape index (κ1) is 11.4. The van der Waals surface area contributed by atoms with Crippen LogP contribution in [-0.2, 0) is 5.75 Å². The van der Waals surface area contributed by atoms with E-state index in [1.54, 1.807) is 0 Å². The minimum Gasteiger partial charge on any atom is -0.312 e. The minimum atomic E-state index is -0.148. The van der Waals surface area contributed by atoms with Crippen molar-refractivity contribution >= 4 is 27.7 Å². The predicted octanol–water partition coefficient (Wildman–Crippen LogP) is 2.82. The zero-order chi connectivity index (χ0) is 11.4. The number of hydrogen-bond acceptors (Lipinski definition) is 3. The van der Waals surface area contributed by atoms with Crippen molar-refractivity contribution in [3.8, 4) is 0 Å². The highest BCUT2D eigenvalue weighted by molar-refractivity contribution is 9.10. The van der Waals surface area contributed by atoms with Gasteiger partial charge >= 0.3 is 0 Å². The molecular formula is C11H9BrN2OS. The van der Waals surface area contributed by atoms with Gasteiger partial charge in [-0.15, -0.1) is 11.8 Å². The minimum absolute atomic E-state index is 0.148. The Morgan fingerprint density at radius 1 is 1.31 bits per heavy atom. The molecule has 0 fully saturated rings. The molecule has 2 rings (SSSR count). The molecule has 0 spiro atoms. The van der Waals surface area contributed by atoms with E-state index < -0.39 is 0 Å². The second-order valence-electron chi connectivity index (χ2n) is 3.13. The normalized spacial score (nSPS) is 10.3. The van der Waals surface area contributed by atoms with Crippen LogP contribution in [0.3, 0.4) is 0 Å². The molecule has 0 saturated carbocycles. The van der Waals surface area contributed by atoms with Crippen molar-refractivity contribution in [2.45, 2.75) is 10.8 Å². The van der Waals surface area contributed by atoms with Crippen LogP contribution in [0.2, 0.25) is 0 Å². The molecule has 0 radical (unpaired) electrons. The Morgan fingerprint density at radius 3 is 2.81 bits per heavy atom. The summed E-state index contributed by atoms with van der Waals surface area (Å²) >= 11 is 4.76. The molecule has 0 aliphatic heterocycles. The van der Waals surface area contributed by atoms with E-state index in [2.05, 4.69) is 25.9 Å². The van der Waals surface area contributed by atoms with Crippen LogP contribution in [0.5, 0.6) is 0 Å². The summed E-state index contributed by atoms with van der Waals surface area (Å²) in [6.07, 6.45) is 1.42. The van der Waals surface area contributed by atoms with Crippen LogP contribution in [0.25, 0.3) is 0 Å². The number of H-pyrrole nitrogens is 1. The van der Waals surface area contributed by atoms with Crippen molar-refractivity contribution < 1.29 is 0 Å². The number of nitrogens with one attached hydrogen (secondary N) is 1. The van der Waals surface area contributed by atoms with E-state index >= 15 is 0 Å². The number of thioether (sulfide) groups is 1. The van der Waals surface area contributed by atoms with E-state index in [-0.39, 0.29) is 5.56 Å². The molecule has 2 aromatic rings. The molecule has 0 bridgehead atoms. The van der Waals surface area contributed by atoms with Crippen molar-refractivity contribution in [1.29, 1.82) is 0 Å². The molecule has 3 nitrogen and oxygen atoms in total. The smallest absolute Gasteiger partial charge is 0.266 e. The molecule has 0 saturated heterocycles. The van der Waals surface area contributed by atoms with Crippen LogP contribution in [0.1, 0.15) is 5.56 Å². The number of aromatic amines is 1. The first-order chi connectivity index (χ1) is 7.77. The molecule has 82 valence electrons. The van der Waals surface area contributed by atoms with Gasteiger partial charge in [0.2, 0.25) is 0 Å². The molecule has 0 atom stereocenters. The molecule has 0 amide bonds. The molecule has 0 aliphatic rings. The highest BCUT2D eigenvalue weighted by atomic mass is 79.9. The van der Waals surface area contributed by atoms with Gasteiger partial charge in [0.15, 0.2) is 0 Å². The molecular weight excluding hydrogens is 288 g/mol. The SMILES string of the molecule is O=c1[nH]cnc(SCc2ccccc2)c1Br. The molecule has 16 heavy (non-hydrogen) atoms. The van der Waals surface area contributed by atoms with Crippen molar-refractivity contribution in [1.82, 2.24) is 9.97 Å².